The van der Waals surface area contributed by atoms with Crippen molar-refractivity contribution in [3.05, 3.63) is 53.9 Å². The molecule has 6 heteroatoms. The minimum atomic E-state index is 0.301. The summed E-state index contributed by atoms with van der Waals surface area (Å²) in [4.78, 5) is 11.7. The second-order valence-electron chi connectivity index (χ2n) is 7.48. The normalized spacial score (nSPS) is 23.8. The van der Waals surface area contributed by atoms with Gasteiger partial charge in [0.15, 0.2) is 0 Å². The highest BCUT2D eigenvalue weighted by atomic mass is 15.3. The Morgan fingerprint density at radius 3 is 2.88 bits per heavy atom. The van der Waals surface area contributed by atoms with Gasteiger partial charge in [0.05, 0.1) is 28.8 Å². The number of rotatable bonds is 4. The third kappa shape index (κ3) is 2.28. The molecule has 0 radical (unpaired) electrons. The second-order valence-corrected chi connectivity index (χ2v) is 7.48. The maximum atomic E-state index is 8.97. The summed E-state index contributed by atoms with van der Waals surface area (Å²) >= 11 is 0. The van der Waals surface area contributed by atoms with Crippen LogP contribution in [-0.2, 0) is 6.54 Å². The number of imidazole rings is 1. The summed E-state index contributed by atoms with van der Waals surface area (Å²) in [7, 11) is 0. The fourth-order valence-electron chi connectivity index (χ4n) is 4.27. The molecule has 2 aromatic heterocycles. The third-order valence-corrected chi connectivity index (χ3v) is 5.90. The van der Waals surface area contributed by atoms with Gasteiger partial charge in [-0.15, -0.1) is 0 Å². The number of aromatic nitrogens is 3. The van der Waals surface area contributed by atoms with Crippen molar-refractivity contribution in [2.24, 2.45) is 17.1 Å². The van der Waals surface area contributed by atoms with Crippen LogP contribution >= 0.6 is 0 Å². The van der Waals surface area contributed by atoms with E-state index in [0.717, 1.165) is 42.3 Å². The smallest absolute Gasteiger partial charge is 0.206 e. The van der Waals surface area contributed by atoms with E-state index in [2.05, 4.69) is 32.7 Å². The van der Waals surface area contributed by atoms with Gasteiger partial charge in [0.1, 0.15) is 6.07 Å². The van der Waals surface area contributed by atoms with Crippen LogP contribution in [0.15, 0.2) is 42.6 Å². The van der Waals surface area contributed by atoms with Crippen molar-refractivity contribution < 1.29 is 0 Å². The van der Waals surface area contributed by atoms with Gasteiger partial charge in [-0.05, 0) is 43.1 Å². The number of nitrogens with two attached hydrogens (primary N) is 1. The van der Waals surface area contributed by atoms with E-state index in [9.17, 15) is 0 Å². The lowest BCUT2D eigenvalue weighted by Gasteiger charge is -2.22. The zero-order chi connectivity index (χ0) is 17.7. The molecule has 1 aliphatic carbocycles. The SMILES string of the molecule is N#Cc1ccc(Cn2c(N3C[C@H]4C[C@]4(CN)C3)nc3ccccc32)nc1. The Labute approximate surface area is 151 Å². The number of benzene rings is 1. The largest absolute Gasteiger partial charge is 0.341 e. The van der Waals surface area contributed by atoms with E-state index in [1.54, 1.807) is 6.20 Å². The van der Waals surface area contributed by atoms with Gasteiger partial charge in [-0.3, -0.25) is 4.98 Å². The molecule has 1 saturated heterocycles. The first-order valence-electron chi connectivity index (χ1n) is 8.98. The van der Waals surface area contributed by atoms with Gasteiger partial charge in [0, 0.05) is 24.7 Å². The van der Waals surface area contributed by atoms with Crippen molar-refractivity contribution in [3.63, 3.8) is 0 Å². The Bertz CT molecular complexity index is 1010. The zero-order valence-electron chi connectivity index (χ0n) is 14.5. The monoisotopic (exact) mass is 344 g/mol. The summed E-state index contributed by atoms with van der Waals surface area (Å²) in [5.74, 6) is 1.70. The number of fused-ring (bicyclic) bond motifs is 2. The predicted molar refractivity (Wildman–Crippen MR) is 99.6 cm³/mol. The molecule has 6 nitrogen and oxygen atoms in total. The van der Waals surface area contributed by atoms with Crippen LogP contribution in [0.1, 0.15) is 17.7 Å². The Hall–Kier alpha value is -2.91. The minimum Gasteiger partial charge on any atom is -0.341 e. The van der Waals surface area contributed by atoms with Crippen molar-refractivity contribution in [1.29, 1.82) is 5.26 Å². The molecule has 1 aliphatic heterocycles. The van der Waals surface area contributed by atoms with Gasteiger partial charge in [0.25, 0.3) is 0 Å². The van der Waals surface area contributed by atoms with Crippen molar-refractivity contribution in [2.75, 3.05) is 24.5 Å². The molecule has 2 fully saturated rings. The Kier molecular flexibility index (Phi) is 3.28. The standard InChI is InChI=1S/C20H20N6/c21-8-14-5-6-16(23-9-14)11-26-18-4-2-1-3-17(18)24-19(26)25-10-15-7-20(15,12-22)13-25/h1-6,9,15H,7,10-13,22H2/t15-,20+/m1/s1. The van der Waals surface area contributed by atoms with Gasteiger partial charge < -0.3 is 15.2 Å². The molecule has 2 atom stereocenters. The highest BCUT2D eigenvalue weighted by Crippen LogP contribution is 2.57. The maximum absolute atomic E-state index is 8.97. The van der Waals surface area contributed by atoms with E-state index in [-0.39, 0.29) is 0 Å². The first-order valence-corrected chi connectivity index (χ1v) is 8.98. The summed E-state index contributed by atoms with van der Waals surface area (Å²) in [5.41, 5.74) is 9.93. The van der Waals surface area contributed by atoms with Gasteiger partial charge in [-0.2, -0.15) is 5.26 Å². The topological polar surface area (TPSA) is 83.8 Å². The molecule has 0 amide bonds. The number of piperidine rings is 1. The van der Waals surface area contributed by atoms with E-state index in [4.69, 9.17) is 16.0 Å². The van der Waals surface area contributed by atoms with Crippen LogP contribution < -0.4 is 10.6 Å². The lowest BCUT2D eigenvalue weighted by atomic mass is 10.1. The number of hydrogen-bond acceptors (Lipinski definition) is 5. The van der Waals surface area contributed by atoms with E-state index in [1.807, 2.05) is 24.3 Å². The fraction of sp³-hybridized carbons (Fsp3) is 0.350. The molecule has 1 saturated carbocycles. The third-order valence-electron chi connectivity index (χ3n) is 5.90. The predicted octanol–water partition coefficient (Wildman–Crippen LogP) is 2.14. The first-order chi connectivity index (χ1) is 12.7. The molecular weight excluding hydrogens is 324 g/mol. The molecule has 3 aromatic rings. The van der Waals surface area contributed by atoms with Crippen LogP contribution in [0.2, 0.25) is 0 Å². The summed E-state index contributed by atoms with van der Waals surface area (Å²) < 4.78 is 2.23. The molecule has 0 bridgehead atoms. The number of nitriles is 1. The minimum absolute atomic E-state index is 0.301. The Balaban J connectivity index is 1.54. The summed E-state index contributed by atoms with van der Waals surface area (Å²) in [6, 6.07) is 14.1. The van der Waals surface area contributed by atoms with Crippen LogP contribution in [-0.4, -0.2) is 34.2 Å². The van der Waals surface area contributed by atoms with E-state index in [0.29, 0.717) is 23.4 Å². The molecule has 0 spiro atoms. The van der Waals surface area contributed by atoms with Crippen LogP contribution in [0.4, 0.5) is 5.95 Å². The Morgan fingerprint density at radius 2 is 2.15 bits per heavy atom. The fourth-order valence-corrected chi connectivity index (χ4v) is 4.27. The molecule has 3 heterocycles. The van der Waals surface area contributed by atoms with Gasteiger partial charge in [0.2, 0.25) is 5.95 Å². The number of nitrogens with zero attached hydrogens (tertiary/aromatic N) is 5. The molecule has 1 aromatic carbocycles. The quantitative estimate of drug-likeness (QED) is 0.784. The second kappa shape index (κ2) is 5.55. The molecule has 2 aliphatic rings. The van der Waals surface area contributed by atoms with Crippen LogP contribution in [0.5, 0.6) is 0 Å². The van der Waals surface area contributed by atoms with Crippen LogP contribution in [0, 0.1) is 22.7 Å². The summed E-state index contributed by atoms with van der Waals surface area (Å²) in [5, 5.41) is 8.97. The first kappa shape index (κ1) is 15.4. The number of anilines is 1. The van der Waals surface area contributed by atoms with Gasteiger partial charge >= 0.3 is 0 Å². The van der Waals surface area contributed by atoms with Crippen molar-refractivity contribution >= 4 is 17.0 Å². The van der Waals surface area contributed by atoms with Crippen molar-refractivity contribution in [1.82, 2.24) is 14.5 Å². The zero-order valence-corrected chi connectivity index (χ0v) is 14.5. The highest BCUT2D eigenvalue weighted by Gasteiger charge is 2.59. The highest BCUT2D eigenvalue weighted by molar-refractivity contribution is 5.79. The van der Waals surface area contributed by atoms with E-state index < -0.39 is 0 Å². The maximum Gasteiger partial charge on any atom is 0.206 e. The van der Waals surface area contributed by atoms with Gasteiger partial charge in [-0.25, -0.2) is 4.98 Å². The van der Waals surface area contributed by atoms with E-state index >= 15 is 0 Å². The van der Waals surface area contributed by atoms with Gasteiger partial charge in [-0.1, -0.05) is 12.1 Å². The molecule has 26 heavy (non-hydrogen) atoms. The summed E-state index contributed by atoms with van der Waals surface area (Å²) in [6.07, 6.45) is 2.87. The Morgan fingerprint density at radius 1 is 1.27 bits per heavy atom. The van der Waals surface area contributed by atoms with Crippen molar-refractivity contribution in [3.8, 4) is 6.07 Å². The molecule has 2 N–H and O–H groups in total. The average molecular weight is 344 g/mol. The molecule has 5 rings (SSSR count). The number of hydrogen-bond donors (Lipinski definition) is 1. The van der Waals surface area contributed by atoms with Crippen LogP contribution in [0.25, 0.3) is 11.0 Å². The molecule has 130 valence electrons. The number of pyridine rings is 1. The average Bonchev–Trinajstić information content (AvgIpc) is 3.07. The van der Waals surface area contributed by atoms with Crippen molar-refractivity contribution in [2.45, 2.75) is 13.0 Å². The van der Waals surface area contributed by atoms with E-state index in [1.165, 1.54) is 6.42 Å². The number of para-hydroxylation sites is 2. The lowest BCUT2D eigenvalue weighted by Crippen LogP contribution is -2.30. The lowest BCUT2D eigenvalue weighted by molar-refractivity contribution is 0.540. The molecular formula is C20H20N6. The molecule has 0 unspecified atom stereocenters. The summed E-state index contributed by atoms with van der Waals surface area (Å²) in [6.45, 7) is 3.41. The van der Waals surface area contributed by atoms with Crippen LogP contribution in [0.3, 0.4) is 0 Å².